The van der Waals surface area contributed by atoms with E-state index in [-0.39, 0.29) is 24.2 Å². The molecule has 1 fully saturated rings. The monoisotopic (exact) mass is 367 g/mol. The fraction of sp³-hybridized carbons (Fsp3) is 0.579. The molecule has 1 aliphatic rings. The Kier molecular flexibility index (Phi) is 8.39. The van der Waals surface area contributed by atoms with Crippen molar-refractivity contribution in [2.75, 3.05) is 18.4 Å². The number of benzene rings is 1. The van der Waals surface area contributed by atoms with Crippen molar-refractivity contribution in [2.45, 2.75) is 52.5 Å². The van der Waals surface area contributed by atoms with E-state index in [0.29, 0.717) is 32.4 Å². The number of nitrogens with one attached hydrogen (secondary N) is 1. The lowest BCUT2D eigenvalue weighted by atomic mass is 9.81. The average Bonchev–Trinajstić information content (AvgIpc) is 2.59. The third-order valence-electron chi connectivity index (χ3n) is 5.21. The Balaban J connectivity index is 0.00000312. The molecule has 2 amide bonds. The quantitative estimate of drug-likeness (QED) is 0.776. The molecule has 0 saturated carbocycles. The number of piperidine rings is 1. The fourth-order valence-electron chi connectivity index (χ4n) is 3.21. The zero-order valence-corrected chi connectivity index (χ0v) is 16.0. The van der Waals surface area contributed by atoms with Crippen molar-refractivity contribution in [2.24, 2.45) is 11.1 Å². The minimum Gasteiger partial charge on any atom is -0.338 e. The number of hydrogen-bond acceptors (Lipinski definition) is 3. The van der Waals surface area contributed by atoms with E-state index in [0.717, 1.165) is 30.6 Å². The second-order valence-corrected chi connectivity index (χ2v) is 6.62. The Morgan fingerprint density at radius 2 is 2.00 bits per heavy atom. The van der Waals surface area contributed by atoms with Crippen molar-refractivity contribution in [1.29, 1.82) is 0 Å². The van der Waals surface area contributed by atoms with Gasteiger partial charge in [-0.3, -0.25) is 9.59 Å². The molecule has 0 bridgehead atoms. The highest BCUT2D eigenvalue weighted by Gasteiger charge is 2.33. The first kappa shape index (κ1) is 21.5. The van der Waals surface area contributed by atoms with Crippen molar-refractivity contribution in [3.8, 4) is 0 Å². The summed E-state index contributed by atoms with van der Waals surface area (Å²) >= 11 is 0. The number of halogens is 1. The third-order valence-corrected chi connectivity index (χ3v) is 5.21. The number of anilines is 1. The molecule has 2 rings (SSSR count). The largest absolute Gasteiger partial charge is 0.338 e. The number of carbonyl (C=O) groups is 2. The van der Waals surface area contributed by atoms with Gasteiger partial charge in [0.15, 0.2) is 0 Å². The van der Waals surface area contributed by atoms with Gasteiger partial charge in [-0.15, -0.1) is 12.4 Å². The molecule has 0 unspecified atom stereocenters. The Morgan fingerprint density at radius 1 is 1.28 bits per heavy atom. The van der Waals surface area contributed by atoms with E-state index in [1.807, 2.05) is 43.0 Å². The molecule has 1 saturated heterocycles. The van der Waals surface area contributed by atoms with Gasteiger partial charge in [-0.1, -0.05) is 26.0 Å². The smallest absolute Gasteiger partial charge is 0.231 e. The lowest BCUT2D eigenvalue weighted by molar-refractivity contribution is -0.133. The molecule has 1 aromatic carbocycles. The minimum absolute atomic E-state index is 0. The van der Waals surface area contributed by atoms with Crippen LogP contribution in [0.2, 0.25) is 0 Å². The van der Waals surface area contributed by atoms with Crippen LogP contribution in [0.15, 0.2) is 24.3 Å². The van der Waals surface area contributed by atoms with E-state index in [2.05, 4.69) is 5.32 Å². The zero-order valence-electron chi connectivity index (χ0n) is 15.2. The second-order valence-electron chi connectivity index (χ2n) is 6.62. The highest BCUT2D eigenvalue weighted by atomic mass is 35.5. The summed E-state index contributed by atoms with van der Waals surface area (Å²) in [5.74, 6) is 0.191. The molecule has 25 heavy (non-hydrogen) atoms. The van der Waals surface area contributed by atoms with Crippen molar-refractivity contribution in [1.82, 2.24) is 4.90 Å². The van der Waals surface area contributed by atoms with Crippen molar-refractivity contribution in [3.63, 3.8) is 0 Å². The lowest BCUT2D eigenvalue weighted by Crippen LogP contribution is -2.41. The summed E-state index contributed by atoms with van der Waals surface area (Å²) in [5, 5.41) is 3.00. The molecule has 3 N–H and O–H groups in total. The average molecular weight is 368 g/mol. The van der Waals surface area contributed by atoms with E-state index < -0.39 is 5.41 Å². The molecule has 0 atom stereocenters. The zero-order chi connectivity index (χ0) is 17.6. The predicted octanol–water partition coefficient (Wildman–Crippen LogP) is 3.32. The van der Waals surface area contributed by atoms with E-state index in [1.165, 1.54) is 0 Å². The topological polar surface area (TPSA) is 75.4 Å². The number of rotatable bonds is 7. The summed E-state index contributed by atoms with van der Waals surface area (Å²) in [6, 6.07) is 7.74. The van der Waals surface area contributed by atoms with Crippen LogP contribution >= 0.6 is 12.4 Å². The third kappa shape index (κ3) is 5.19. The number of hydrogen-bond donors (Lipinski definition) is 2. The normalized spacial score (nSPS) is 14.8. The maximum absolute atomic E-state index is 12.6. The molecule has 1 aromatic rings. The number of carbonyl (C=O) groups excluding carboxylic acids is 2. The van der Waals surface area contributed by atoms with Crippen LogP contribution in [0, 0.1) is 5.41 Å². The van der Waals surface area contributed by atoms with Crippen LogP contribution in [-0.2, 0) is 16.1 Å². The summed E-state index contributed by atoms with van der Waals surface area (Å²) < 4.78 is 0. The van der Waals surface area contributed by atoms with Crippen molar-refractivity contribution in [3.05, 3.63) is 29.8 Å². The summed E-state index contributed by atoms with van der Waals surface area (Å²) in [6.45, 7) is 5.75. The van der Waals surface area contributed by atoms with Gasteiger partial charge in [-0.2, -0.15) is 0 Å². The SMILES string of the molecule is CCC(CC)(CN)C(=O)Nc1cccc(CN2CCCCC2=O)c1.Cl. The number of likely N-dealkylation sites (tertiary alicyclic amines) is 1. The highest BCUT2D eigenvalue weighted by molar-refractivity contribution is 5.95. The summed E-state index contributed by atoms with van der Waals surface area (Å²) in [4.78, 5) is 26.5. The highest BCUT2D eigenvalue weighted by Crippen LogP contribution is 2.27. The first-order chi connectivity index (χ1) is 11.5. The van der Waals surface area contributed by atoms with Crippen LogP contribution in [0.3, 0.4) is 0 Å². The second kappa shape index (κ2) is 9.78. The number of amides is 2. The minimum atomic E-state index is -0.515. The molecule has 0 aliphatic carbocycles. The van der Waals surface area contributed by atoms with Crippen LogP contribution in [0.5, 0.6) is 0 Å². The molecule has 0 spiro atoms. The van der Waals surface area contributed by atoms with Gasteiger partial charge in [0.05, 0.1) is 5.41 Å². The van der Waals surface area contributed by atoms with E-state index in [1.54, 1.807) is 0 Å². The summed E-state index contributed by atoms with van der Waals surface area (Å²) in [6.07, 6.45) is 4.12. The molecular weight excluding hydrogens is 338 g/mol. The fourth-order valence-corrected chi connectivity index (χ4v) is 3.21. The summed E-state index contributed by atoms with van der Waals surface area (Å²) in [7, 11) is 0. The van der Waals surface area contributed by atoms with E-state index in [9.17, 15) is 9.59 Å². The molecule has 1 aliphatic heterocycles. The van der Waals surface area contributed by atoms with E-state index >= 15 is 0 Å². The van der Waals surface area contributed by atoms with Gasteiger partial charge in [0.1, 0.15) is 0 Å². The standard InChI is InChI=1S/C19H29N3O2.ClH/c1-3-19(4-2,14-20)18(24)21-16-9-7-8-15(12-16)13-22-11-6-5-10-17(22)23;/h7-9,12H,3-6,10-11,13-14,20H2,1-2H3,(H,21,24);1H. The van der Waals surface area contributed by atoms with Gasteiger partial charge in [-0.05, 0) is 43.4 Å². The molecule has 140 valence electrons. The summed E-state index contributed by atoms with van der Waals surface area (Å²) in [5.41, 5.74) is 7.13. The molecule has 1 heterocycles. The molecule has 0 aromatic heterocycles. The van der Waals surface area contributed by atoms with Gasteiger partial charge in [0.25, 0.3) is 0 Å². The van der Waals surface area contributed by atoms with Crippen LogP contribution in [0.1, 0.15) is 51.5 Å². The predicted molar refractivity (Wildman–Crippen MR) is 104 cm³/mol. The van der Waals surface area contributed by atoms with Gasteiger partial charge < -0.3 is 16.0 Å². The van der Waals surface area contributed by atoms with Gasteiger partial charge in [0, 0.05) is 31.7 Å². The van der Waals surface area contributed by atoms with Crippen LogP contribution < -0.4 is 11.1 Å². The first-order valence-electron chi connectivity index (χ1n) is 8.93. The Labute approximate surface area is 156 Å². The molecule has 6 heteroatoms. The molecule has 0 radical (unpaired) electrons. The first-order valence-corrected chi connectivity index (χ1v) is 8.93. The van der Waals surface area contributed by atoms with Gasteiger partial charge >= 0.3 is 0 Å². The molecular formula is C19H30ClN3O2. The van der Waals surface area contributed by atoms with Gasteiger partial charge in [-0.25, -0.2) is 0 Å². The molecule has 5 nitrogen and oxygen atoms in total. The van der Waals surface area contributed by atoms with Crippen LogP contribution in [0.4, 0.5) is 5.69 Å². The maximum atomic E-state index is 12.6. The van der Waals surface area contributed by atoms with Crippen molar-refractivity contribution >= 4 is 29.9 Å². The maximum Gasteiger partial charge on any atom is 0.231 e. The number of nitrogens with two attached hydrogens (primary N) is 1. The van der Waals surface area contributed by atoms with Crippen LogP contribution in [0.25, 0.3) is 0 Å². The lowest BCUT2D eigenvalue weighted by Gasteiger charge is -2.29. The van der Waals surface area contributed by atoms with E-state index in [4.69, 9.17) is 5.73 Å². The van der Waals surface area contributed by atoms with Crippen LogP contribution in [-0.4, -0.2) is 29.8 Å². The Bertz CT molecular complexity index is 580. The Hall–Kier alpha value is -1.59. The van der Waals surface area contributed by atoms with Crippen molar-refractivity contribution < 1.29 is 9.59 Å². The Morgan fingerprint density at radius 3 is 2.60 bits per heavy atom. The van der Waals surface area contributed by atoms with Gasteiger partial charge in [0.2, 0.25) is 11.8 Å². The number of nitrogens with zero attached hydrogens (tertiary/aromatic N) is 1.